The number of fused-ring (bicyclic) bond motifs is 1. The first-order valence-electron chi connectivity index (χ1n) is 12.8. The number of pyridine rings is 1. The summed E-state index contributed by atoms with van der Waals surface area (Å²) in [6, 6.07) is 17.8. The standard InChI is InChI=1S/C29H30N6O2/c1-19-5-6-26-24(15-19)22(18-37-26)17-25(36)21-3-2-4-23(16-21)33-29(9-13-31-14-10-29)28-32-27(34-35-28)20-7-11-30-12-8-20/h2-8,11-12,15-16,22,31,33H,9-10,13-14,17-18H2,1H3,(H,32,34,35)/t22-/m0/s1. The van der Waals surface area contributed by atoms with Crippen molar-refractivity contribution in [1.29, 1.82) is 0 Å². The van der Waals surface area contributed by atoms with Crippen molar-refractivity contribution in [3.05, 3.63) is 89.5 Å². The fourth-order valence-corrected chi connectivity index (χ4v) is 5.34. The van der Waals surface area contributed by atoms with Crippen molar-refractivity contribution in [1.82, 2.24) is 25.5 Å². The van der Waals surface area contributed by atoms with Gasteiger partial charge in [-0.1, -0.05) is 29.8 Å². The van der Waals surface area contributed by atoms with Crippen molar-refractivity contribution in [2.24, 2.45) is 0 Å². The van der Waals surface area contributed by atoms with E-state index in [2.05, 4.69) is 38.8 Å². The maximum Gasteiger partial charge on any atom is 0.181 e. The number of aromatic nitrogens is 4. The van der Waals surface area contributed by atoms with Gasteiger partial charge in [0.2, 0.25) is 0 Å². The summed E-state index contributed by atoms with van der Waals surface area (Å²) in [5.74, 6) is 2.54. The molecule has 0 aliphatic carbocycles. The van der Waals surface area contributed by atoms with Crippen LogP contribution in [0.5, 0.6) is 5.75 Å². The highest BCUT2D eigenvalue weighted by Gasteiger charge is 2.37. The van der Waals surface area contributed by atoms with Gasteiger partial charge in [-0.2, -0.15) is 5.10 Å². The van der Waals surface area contributed by atoms with Crippen LogP contribution in [0.1, 0.15) is 52.5 Å². The Kier molecular flexibility index (Phi) is 6.18. The third-order valence-electron chi connectivity index (χ3n) is 7.38. The number of hydrogen-bond donors (Lipinski definition) is 3. The molecule has 2 aliphatic rings. The molecule has 2 aliphatic heterocycles. The predicted molar refractivity (Wildman–Crippen MR) is 142 cm³/mol. The van der Waals surface area contributed by atoms with Gasteiger partial charge in [-0.05, 0) is 63.2 Å². The lowest BCUT2D eigenvalue weighted by Crippen LogP contribution is -2.46. The molecule has 1 atom stereocenters. The van der Waals surface area contributed by atoms with Crippen molar-refractivity contribution in [2.75, 3.05) is 25.0 Å². The summed E-state index contributed by atoms with van der Waals surface area (Å²) < 4.78 is 5.83. The van der Waals surface area contributed by atoms with Crippen LogP contribution in [0, 0.1) is 6.92 Å². The molecule has 0 unspecified atom stereocenters. The molecule has 1 saturated heterocycles. The van der Waals surface area contributed by atoms with E-state index < -0.39 is 5.54 Å². The van der Waals surface area contributed by atoms with E-state index >= 15 is 0 Å². The average Bonchev–Trinajstić information content (AvgIpc) is 3.58. The summed E-state index contributed by atoms with van der Waals surface area (Å²) in [5.41, 5.74) is 4.41. The largest absolute Gasteiger partial charge is 0.493 e. The van der Waals surface area contributed by atoms with Gasteiger partial charge in [0.1, 0.15) is 5.75 Å². The van der Waals surface area contributed by atoms with Crippen LogP contribution in [0.25, 0.3) is 11.4 Å². The smallest absolute Gasteiger partial charge is 0.181 e. The Bertz CT molecular complexity index is 1410. The Hall–Kier alpha value is -4.04. The number of nitrogens with one attached hydrogen (secondary N) is 3. The maximum atomic E-state index is 13.3. The minimum Gasteiger partial charge on any atom is -0.493 e. The highest BCUT2D eigenvalue weighted by molar-refractivity contribution is 5.97. The van der Waals surface area contributed by atoms with Crippen LogP contribution in [0.2, 0.25) is 0 Å². The van der Waals surface area contributed by atoms with Crippen molar-refractivity contribution in [2.45, 2.75) is 37.6 Å². The average molecular weight is 495 g/mol. The molecule has 0 saturated carbocycles. The molecular weight excluding hydrogens is 464 g/mol. The summed E-state index contributed by atoms with van der Waals surface area (Å²) in [4.78, 5) is 22.3. The zero-order valence-electron chi connectivity index (χ0n) is 20.8. The third-order valence-corrected chi connectivity index (χ3v) is 7.38. The summed E-state index contributed by atoms with van der Waals surface area (Å²) in [7, 11) is 0. The Morgan fingerprint density at radius 2 is 1.95 bits per heavy atom. The minimum atomic E-state index is -0.416. The molecule has 1 fully saturated rings. The molecule has 2 aromatic heterocycles. The zero-order valence-corrected chi connectivity index (χ0v) is 20.8. The second-order valence-electron chi connectivity index (χ2n) is 9.96. The highest BCUT2D eigenvalue weighted by Crippen LogP contribution is 2.38. The van der Waals surface area contributed by atoms with E-state index in [9.17, 15) is 4.79 Å². The summed E-state index contributed by atoms with van der Waals surface area (Å²) in [5, 5.41) is 14.8. The number of ether oxygens (including phenoxy) is 1. The molecule has 188 valence electrons. The number of piperidine rings is 1. The Morgan fingerprint density at radius 1 is 1.11 bits per heavy atom. The first-order valence-corrected chi connectivity index (χ1v) is 12.8. The quantitative estimate of drug-likeness (QED) is 0.322. The number of aromatic amines is 1. The Balaban J connectivity index is 1.23. The first kappa shape index (κ1) is 23.4. The van der Waals surface area contributed by atoms with Gasteiger partial charge in [-0.25, -0.2) is 4.98 Å². The summed E-state index contributed by atoms with van der Waals surface area (Å²) in [6.45, 7) is 4.33. The van der Waals surface area contributed by atoms with Crippen LogP contribution in [-0.2, 0) is 5.54 Å². The molecule has 8 nitrogen and oxygen atoms in total. The third kappa shape index (κ3) is 4.72. The highest BCUT2D eigenvalue weighted by atomic mass is 16.5. The summed E-state index contributed by atoms with van der Waals surface area (Å²) >= 11 is 0. The van der Waals surface area contributed by atoms with Gasteiger partial charge < -0.3 is 15.4 Å². The predicted octanol–water partition coefficient (Wildman–Crippen LogP) is 4.61. The fraction of sp³-hybridized carbons (Fsp3) is 0.310. The number of rotatable bonds is 7. The van der Waals surface area contributed by atoms with E-state index in [1.165, 1.54) is 5.56 Å². The zero-order chi connectivity index (χ0) is 25.2. The number of Topliss-reactive ketones (excluding diaryl/α,β-unsaturated/α-hetero) is 1. The van der Waals surface area contributed by atoms with E-state index in [1.54, 1.807) is 12.4 Å². The van der Waals surface area contributed by atoms with E-state index in [1.807, 2.05) is 48.5 Å². The number of anilines is 1. The number of carbonyl (C=O) groups is 1. The van der Waals surface area contributed by atoms with Crippen LogP contribution in [0.15, 0.2) is 67.0 Å². The number of aryl methyl sites for hydroxylation is 1. The van der Waals surface area contributed by atoms with Gasteiger partial charge >= 0.3 is 0 Å². The van der Waals surface area contributed by atoms with Crippen LogP contribution >= 0.6 is 0 Å². The van der Waals surface area contributed by atoms with Gasteiger partial charge in [-0.15, -0.1) is 0 Å². The van der Waals surface area contributed by atoms with Crippen LogP contribution in [0.4, 0.5) is 5.69 Å². The molecule has 37 heavy (non-hydrogen) atoms. The van der Waals surface area contributed by atoms with E-state index in [0.29, 0.717) is 24.4 Å². The number of carbonyl (C=O) groups excluding carboxylic acids is 1. The molecule has 2 aromatic carbocycles. The molecule has 4 aromatic rings. The van der Waals surface area contributed by atoms with Crippen molar-refractivity contribution in [3.63, 3.8) is 0 Å². The SMILES string of the molecule is Cc1ccc2c(c1)[C@@H](CC(=O)c1cccc(NC3(c4nc(-c5ccncc5)n[nH]4)CCNCC3)c1)CO2. The molecule has 0 spiro atoms. The summed E-state index contributed by atoms with van der Waals surface area (Å²) in [6.07, 6.45) is 5.58. The number of H-pyrrole nitrogens is 1. The van der Waals surface area contributed by atoms with E-state index in [-0.39, 0.29) is 11.7 Å². The number of benzene rings is 2. The molecule has 0 radical (unpaired) electrons. The van der Waals surface area contributed by atoms with Crippen LogP contribution < -0.4 is 15.4 Å². The van der Waals surface area contributed by atoms with Gasteiger partial charge in [0, 0.05) is 47.1 Å². The molecule has 3 N–H and O–H groups in total. The molecule has 8 heteroatoms. The van der Waals surface area contributed by atoms with E-state index in [0.717, 1.165) is 54.3 Å². The second kappa shape index (κ2) is 9.78. The topological polar surface area (TPSA) is 105 Å². The Labute approximate surface area is 215 Å². The van der Waals surface area contributed by atoms with Gasteiger partial charge in [-0.3, -0.25) is 14.9 Å². The normalized spacial score (nSPS) is 18.1. The number of nitrogens with zero attached hydrogens (tertiary/aromatic N) is 3. The fourth-order valence-electron chi connectivity index (χ4n) is 5.34. The number of hydrogen-bond acceptors (Lipinski definition) is 7. The van der Waals surface area contributed by atoms with Gasteiger partial charge in [0.15, 0.2) is 17.4 Å². The van der Waals surface area contributed by atoms with Gasteiger partial charge in [0.25, 0.3) is 0 Å². The molecule has 0 bridgehead atoms. The van der Waals surface area contributed by atoms with Crippen molar-refractivity contribution < 1.29 is 9.53 Å². The lowest BCUT2D eigenvalue weighted by atomic mass is 9.86. The monoisotopic (exact) mass is 494 g/mol. The minimum absolute atomic E-state index is 0.0792. The second-order valence-corrected chi connectivity index (χ2v) is 9.96. The lowest BCUT2D eigenvalue weighted by molar-refractivity contribution is 0.0969. The van der Waals surface area contributed by atoms with Crippen molar-refractivity contribution >= 4 is 11.5 Å². The molecular formula is C29H30N6O2. The first-order chi connectivity index (χ1) is 18.1. The molecule has 6 rings (SSSR count). The van der Waals surface area contributed by atoms with Crippen LogP contribution in [0.3, 0.4) is 0 Å². The maximum absolute atomic E-state index is 13.3. The van der Waals surface area contributed by atoms with E-state index in [4.69, 9.17) is 9.72 Å². The molecule has 4 heterocycles. The van der Waals surface area contributed by atoms with Crippen LogP contribution in [-0.4, -0.2) is 45.6 Å². The molecule has 0 amide bonds. The van der Waals surface area contributed by atoms with Crippen molar-refractivity contribution in [3.8, 4) is 17.1 Å². The van der Waals surface area contributed by atoms with Gasteiger partial charge in [0.05, 0.1) is 12.1 Å². The lowest BCUT2D eigenvalue weighted by Gasteiger charge is -2.37. The Morgan fingerprint density at radius 3 is 2.78 bits per heavy atom. The number of ketones is 1.